The van der Waals surface area contributed by atoms with Crippen molar-refractivity contribution in [3.05, 3.63) is 35.9 Å². The second-order valence-corrected chi connectivity index (χ2v) is 4.86. The van der Waals surface area contributed by atoms with Gasteiger partial charge in [-0.1, -0.05) is 12.1 Å². The number of para-hydroxylation sites is 1. The van der Waals surface area contributed by atoms with E-state index in [1.165, 1.54) is 13.8 Å². The molecule has 3 rings (SSSR count). The van der Waals surface area contributed by atoms with Gasteiger partial charge in [0.25, 0.3) is 11.8 Å². The molecular weight excluding hydrogens is 286 g/mol. The Morgan fingerprint density at radius 3 is 2.36 bits per heavy atom. The minimum atomic E-state index is -0.726. The molecule has 2 amide bonds. The van der Waals surface area contributed by atoms with Crippen molar-refractivity contribution in [3.63, 3.8) is 0 Å². The number of fused-ring (bicyclic) bond motifs is 1. The van der Waals surface area contributed by atoms with E-state index in [-0.39, 0.29) is 17.3 Å². The fraction of sp³-hybridized carbons (Fsp3) is 0.133. The van der Waals surface area contributed by atoms with Gasteiger partial charge in [-0.25, -0.2) is 4.90 Å². The van der Waals surface area contributed by atoms with E-state index < -0.39 is 17.6 Å². The second-order valence-electron chi connectivity index (χ2n) is 4.86. The number of anilines is 1. The molecule has 0 saturated carbocycles. The molecule has 1 aromatic carbocycles. The van der Waals surface area contributed by atoms with Crippen molar-refractivity contribution in [3.8, 4) is 0 Å². The Morgan fingerprint density at radius 1 is 1.09 bits per heavy atom. The number of aromatic nitrogens is 2. The number of nitrogens with zero attached hydrogens (tertiary/aromatic N) is 3. The molecule has 2 heterocycles. The zero-order valence-corrected chi connectivity index (χ0v) is 11.9. The third-order valence-corrected chi connectivity index (χ3v) is 3.38. The van der Waals surface area contributed by atoms with Crippen LogP contribution in [0.25, 0.3) is 10.9 Å². The lowest BCUT2D eigenvalue weighted by Gasteiger charge is -2.11. The highest BCUT2D eigenvalue weighted by atomic mass is 16.2. The molecule has 0 aliphatic carbocycles. The van der Waals surface area contributed by atoms with Gasteiger partial charge in [0.15, 0.2) is 11.6 Å². The molecule has 0 unspecified atom stereocenters. The zero-order chi connectivity index (χ0) is 16.0. The standard InChI is InChI=1S/C15H11N3O4/c1-8(19)11-7-13(21)17(15(11)22)14-10-5-3-4-6-12(10)18(16-14)9(2)20/h3-7H,1-2H3. The molecule has 1 aliphatic rings. The van der Waals surface area contributed by atoms with Gasteiger partial charge in [0.05, 0.1) is 11.1 Å². The van der Waals surface area contributed by atoms with E-state index in [9.17, 15) is 19.2 Å². The molecule has 0 spiro atoms. The molecule has 0 atom stereocenters. The van der Waals surface area contributed by atoms with Gasteiger partial charge in [-0.3, -0.25) is 19.2 Å². The third-order valence-electron chi connectivity index (χ3n) is 3.38. The number of benzene rings is 1. The number of rotatable bonds is 2. The van der Waals surface area contributed by atoms with Gasteiger partial charge in [0.2, 0.25) is 5.91 Å². The molecule has 7 nitrogen and oxygen atoms in total. The van der Waals surface area contributed by atoms with E-state index in [0.717, 1.165) is 15.7 Å². The maximum atomic E-state index is 12.3. The lowest BCUT2D eigenvalue weighted by molar-refractivity contribution is -0.121. The number of hydrogen-bond donors (Lipinski definition) is 0. The summed E-state index contributed by atoms with van der Waals surface area (Å²) in [7, 11) is 0. The Labute approximate surface area is 124 Å². The van der Waals surface area contributed by atoms with Gasteiger partial charge < -0.3 is 0 Å². The average Bonchev–Trinajstić information content (AvgIpc) is 2.97. The molecule has 2 aromatic rings. The molecule has 0 fully saturated rings. The Bertz CT molecular complexity index is 891. The van der Waals surface area contributed by atoms with E-state index >= 15 is 0 Å². The highest BCUT2D eigenvalue weighted by Crippen LogP contribution is 2.29. The number of hydrogen-bond acceptors (Lipinski definition) is 5. The van der Waals surface area contributed by atoms with Crippen molar-refractivity contribution in [1.29, 1.82) is 0 Å². The normalized spacial score (nSPS) is 14.6. The van der Waals surface area contributed by atoms with Crippen LogP contribution >= 0.6 is 0 Å². The van der Waals surface area contributed by atoms with Crippen molar-refractivity contribution in [2.24, 2.45) is 0 Å². The van der Waals surface area contributed by atoms with Crippen LogP contribution in [0.5, 0.6) is 0 Å². The Hall–Kier alpha value is -3.09. The van der Waals surface area contributed by atoms with E-state index in [4.69, 9.17) is 0 Å². The van der Waals surface area contributed by atoms with Crippen molar-refractivity contribution < 1.29 is 19.2 Å². The van der Waals surface area contributed by atoms with Crippen LogP contribution < -0.4 is 4.90 Å². The first-order valence-corrected chi connectivity index (χ1v) is 6.51. The largest absolute Gasteiger partial charge is 0.294 e. The number of Topliss-reactive ketones (excluding diaryl/α,β-unsaturated/α-hetero) is 1. The Kier molecular flexibility index (Phi) is 2.98. The minimum Gasteiger partial charge on any atom is -0.294 e. The maximum Gasteiger partial charge on any atom is 0.270 e. The predicted octanol–water partition coefficient (Wildman–Crippen LogP) is 1.08. The summed E-state index contributed by atoms with van der Waals surface area (Å²) in [6.45, 7) is 2.54. The highest BCUT2D eigenvalue weighted by Gasteiger charge is 2.37. The SMILES string of the molecule is CC(=O)C1=CC(=O)N(c2nn(C(C)=O)c3ccccc23)C1=O. The summed E-state index contributed by atoms with van der Waals surface area (Å²) in [5.74, 6) is -2.16. The van der Waals surface area contributed by atoms with E-state index in [1.54, 1.807) is 24.3 Å². The number of ketones is 1. The van der Waals surface area contributed by atoms with Gasteiger partial charge in [0, 0.05) is 18.4 Å². The van der Waals surface area contributed by atoms with Gasteiger partial charge in [-0.15, -0.1) is 5.10 Å². The minimum absolute atomic E-state index is 0.0494. The molecule has 22 heavy (non-hydrogen) atoms. The fourth-order valence-electron chi connectivity index (χ4n) is 2.38. The third kappa shape index (κ3) is 1.86. The highest BCUT2D eigenvalue weighted by molar-refractivity contribution is 6.40. The first kappa shape index (κ1) is 13.9. The quantitative estimate of drug-likeness (QED) is 0.611. The number of carbonyl (C=O) groups is 4. The Morgan fingerprint density at radius 2 is 1.77 bits per heavy atom. The van der Waals surface area contributed by atoms with Crippen LogP contribution in [-0.2, 0) is 14.4 Å². The monoisotopic (exact) mass is 297 g/mol. The van der Waals surface area contributed by atoms with Crippen LogP contribution in [0.3, 0.4) is 0 Å². The summed E-state index contributed by atoms with van der Waals surface area (Å²) in [5, 5.41) is 4.56. The predicted molar refractivity (Wildman–Crippen MR) is 77.3 cm³/mol. The van der Waals surface area contributed by atoms with Gasteiger partial charge in [-0.05, 0) is 19.1 Å². The summed E-state index contributed by atoms with van der Waals surface area (Å²) < 4.78 is 1.12. The molecule has 0 N–H and O–H groups in total. The molecule has 0 saturated heterocycles. The van der Waals surface area contributed by atoms with E-state index in [2.05, 4.69) is 5.10 Å². The van der Waals surface area contributed by atoms with Crippen LogP contribution in [-0.4, -0.2) is 33.3 Å². The summed E-state index contributed by atoms with van der Waals surface area (Å²) in [5.41, 5.74) is 0.299. The Balaban J connectivity index is 2.20. The number of carbonyl (C=O) groups excluding carboxylic acids is 4. The smallest absolute Gasteiger partial charge is 0.270 e. The lowest BCUT2D eigenvalue weighted by atomic mass is 10.2. The van der Waals surface area contributed by atoms with Crippen LogP contribution in [0.4, 0.5) is 5.82 Å². The zero-order valence-electron chi connectivity index (χ0n) is 11.9. The first-order valence-electron chi connectivity index (χ1n) is 6.51. The molecule has 1 aliphatic heterocycles. The summed E-state index contributed by atoms with van der Waals surface area (Å²) in [4.78, 5) is 48.2. The summed E-state index contributed by atoms with van der Waals surface area (Å²) >= 11 is 0. The lowest BCUT2D eigenvalue weighted by Crippen LogP contribution is -2.32. The molecular formula is C15H11N3O4. The number of imide groups is 1. The second kappa shape index (κ2) is 4.73. The summed E-state index contributed by atoms with van der Waals surface area (Å²) in [6.07, 6.45) is 0.992. The first-order chi connectivity index (χ1) is 10.4. The molecule has 110 valence electrons. The van der Waals surface area contributed by atoms with Gasteiger partial charge in [0.1, 0.15) is 0 Å². The van der Waals surface area contributed by atoms with Crippen LogP contribution in [0, 0.1) is 0 Å². The van der Waals surface area contributed by atoms with Gasteiger partial charge in [-0.2, -0.15) is 4.68 Å². The molecule has 0 radical (unpaired) electrons. The van der Waals surface area contributed by atoms with E-state index in [1.807, 2.05) is 0 Å². The molecule has 1 aromatic heterocycles. The van der Waals surface area contributed by atoms with Crippen LogP contribution in [0.2, 0.25) is 0 Å². The molecule has 0 bridgehead atoms. The molecule has 7 heteroatoms. The van der Waals surface area contributed by atoms with Crippen molar-refractivity contribution in [1.82, 2.24) is 9.78 Å². The van der Waals surface area contributed by atoms with Crippen LogP contribution in [0.15, 0.2) is 35.9 Å². The fourth-order valence-corrected chi connectivity index (χ4v) is 2.38. The van der Waals surface area contributed by atoms with Crippen LogP contribution in [0.1, 0.15) is 18.6 Å². The topological polar surface area (TPSA) is 89.3 Å². The number of amides is 2. The van der Waals surface area contributed by atoms with Gasteiger partial charge >= 0.3 is 0 Å². The van der Waals surface area contributed by atoms with Crippen molar-refractivity contribution in [2.45, 2.75) is 13.8 Å². The van der Waals surface area contributed by atoms with Crippen molar-refractivity contribution in [2.75, 3.05) is 4.90 Å². The van der Waals surface area contributed by atoms with E-state index in [0.29, 0.717) is 10.9 Å². The maximum absolute atomic E-state index is 12.3. The van der Waals surface area contributed by atoms with Crippen molar-refractivity contribution >= 4 is 40.2 Å². The average molecular weight is 297 g/mol. The summed E-state index contributed by atoms with van der Waals surface area (Å²) in [6, 6.07) is 6.75.